The topological polar surface area (TPSA) is 35.5 Å². The Hall–Kier alpha value is -1.45. The smallest absolute Gasteiger partial charge is 0.215 e. The fourth-order valence-electron chi connectivity index (χ4n) is 1.79. The van der Waals surface area contributed by atoms with Crippen molar-refractivity contribution in [3.05, 3.63) is 48.6 Å². The molecule has 84 valence electrons. The Bertz CT molecular complexity index is 345. The summed E-state index contributed by atoms with van der Waals surface area (Å²) in [6.45, 7) is 3.68. The van der Waals surface area contributed by atoms with Gasteiger partial charge in [-0.25, -0.2) is 0 Å². The van der Waals surface area contributed by atoms with Gasteiger partial charge in [-0.15, -0.1) is 6.58 Å². The molecule has 0 aromatic heterocycles. The third kappa shape index (κ3) is 2.38. The Balaban J connectivity index is 2.15. The van der Waals surface area contributed by atoms with Crippen LogP contribution in [0.3, 0.4) is 0 Å². The van der Waals surface area contributed by atoms with Gasteiger partial charge in [0.1, 0.15) is 0 Å². The summed E-state index contributed by atoms with van der Waals surface area (Å²) in [5.41, 5.74) is 1.06. The molecule has 16 heavy (non-hydrogen) atoms. The molecule has 1 aromatic rings. The lowest BCUT2D eigenvalue weighted by atomic mass is 10.0. The first kappa shape index (κ1) is 11.0. The summed E-state index contributed by atoms with van der Waals surface area (Å²) in [5, 5.41) is 0. The Morgan fingerprint density at radius 1 is 1.25 bits per heavy atom. The van der Waals surface area contributed by atoms with E-state index in [9.17, 15) is 4.79 Å². The minimum atomic E-state index is -0.790. The average molecular weight is 218 g/mol. The van der Waals surface area contributed by atoms with Crippen molar-refractivity contribution < 1.29 is 14.3 Å². The summed E-state index contributed by atoms with van der Waals surface area (Å²) in [6, 6.07) is 9.82. The van der Waals surface area contributed by atoms with E-state index >= 15 is 0 Å². The van der Waals surface area contributed by atoms with E-state index in [-0.39, 0.29) is 12.2 Å². The monoisotopic (exact) mass is 218 g/mol. The van der Waals surface area contributed by atoms with E-state index in [1.807, 2.05) is 30.3 Å². The first-order chi connectivity index (χ1) is 7.83. The number of carbonyl (C=O) groups is 1. The van der Waals surface area contributed by atoms with Crippen LogP contribution in [0.25, 0.3) is 0 Å². The van der Waals surface area contributed by atoms with Gasteiger partial charge in [0.15, 0.2) is 6.29 Å². The molecule has 0 bridgehead atoms. The maximum Gasteiger partial charge on any atom is 0.215 e. The predicted octanol–water partition coefficient (Wildman–Crippen LogP) is 2.24. The molecule has 0 amide bonds. The molecule has 1 aromatic carbocycles. The normalized spacial score (nSPS) is 29.6. The van der Waals surface area contributed by atoms with E-state index in [0.717, 1.165) is 5.56 Å². The quantitative estimate of drug-likeness (QED) is 0.576. The highest BCUT2D eigenvalue weighted by Gasteiger charge is 2.28. The zero-order valence-electron chi connectivity index (χ0n) is 8.91. The fourth-order valence-corrected chi connectivity index (χ4v) is 1.79. The van der Waals surface area contributed by atoms with Crippen LogP contribution in [0.5, 0.6) is 0 Å². The van der Waals surface area contributed by atoms with Crippen molar-refractivity contribution in [1.82, 2.24) is 0 Å². The summed E-state index contributed by atoms with van der Waals surface area (Å²) in [7, 11) is 0. The second-order valence-corrected chi connectivity index (χ2v) is 3.69. The van der Waals surface area contributed by atoms with Crippen LogP contribution < -0.4 is 0 Å². The zero-order chi connectivity index (χ0) is 11.4. The lowest BCUT2D eigenvalue weighted by Gasteiger charge is -2.32. The van der Waals surface area contributed by atoms with Crippen molar-refractivity contribution in [1.29, 1.82) is 0 Å². The van der Waals surface area contributed by atoms with Crippen LogP contribution in [-0.4, -0.2) is 18.7 Å². The van der Waals surface area contributed by atoms with Gasteiger partial charge in [-0.2, -0.15) is 0 Å². The maximum atomic E-state index is 10.7. The number of rotatable bonds is 3. The van der Waals surface area contributed by atoms with Gasteiger partial charge < -0.3 is 9.47 Å². The van der Waals surface area contributed by atoms with Crippen LogP contribution in [0, 0.1) is 0 Å². The van der Waals surface area contributed by atoms with Gasteiger partial charge in [0, 0.05) is 6.42 Å². The van der Waals surface area contributed by atoms with Gasteiger partial charge in [-0.3, -0.25) is 4.79 Å². The molecular weight excluding hydrogens is 204 g/mol. The molecule has 1 aliphatic heterocycles. The SMILES string of the molecule is C=CC1CC(c2ccccc2)OC(C=O)O1. The summed E-state index contributed by atoms with van der Waals surface area (Å²) in [5.74, 6) is 0. The number of aldehydes is 1. The number of hydrogen-bond donors (Lipinski definition) is 0. The van der Waals surface area contributed by atoms with E-state index in [0.29, 0.717) is 12.7 Å². The molecule has 2 rings (SSSR count). The van der Waals surface area contributed by atoms with Crippen molar-refractivity contribution in [2.45, 2.75) is 24.9 Å². The third-order valence-corrected chi connectivity index (χ3v) is 2.60. The first-order valence-corrected chi connectivity index (χ1v) is 5.27. The maximum absolute atomic E-state index is 10.7. The molecule has 1 aliphatic rings. The van der Waals surface area contributed by atoms with Crippen LogP contribution in [-0.2, 0) is 14.3 Å². The summed E-state index contributed by atoms with van der Waals surface area (Å²) in [4.78, 5) is 10.7. The molecule has 1 saturated heterocycles. The Morgan fingerprint density at radius 3 is 2.62 bits per heavy atom. The molecule has 1 fully saturated rings. The lowest BCUT2D eigenvalue weighted by molar-refractivity contribution is -0.220. The highest BCUT2D eigenvalue weighted by molar-refractivity contribution is 5.54. The van der Waals surface area contributed by atoms with Gasteiger partial charge in [0.2, 0.25) is 6.29 Å². The van der Waals surface area contributed by atoms with Crippen LogP contribution in [0.4, 0.5) is 0 Å². The number of carbonyl (C=O) groups excluding carboxylic acids is 1. The zero-order valence-corrected chi connectivity index (χ0v) is 8.91. The van der Waals surface area contributed by atoms with Gasteiger partial charge in [0.25, 0.3) is 0 Å². The molecule has 3 heteroatoms. The van der Waals surface area contributed by atoms with Crippen LogP contribution >= 0.6 is 0 Å². The molecule has 0 radical (unpaired) electrons. The minimum absolute atomic E-state index is 0.104. The Labute approximate surface area is 94.7 Å². The van der Waals surface area contributed by atoms with Crippen molar-refractivity contribution in [3.8, 4) is 0 Å². The fraction of sp³-hybridized carbons (Fsp3) is 0.308. The molecule has 3 unspecified atom stereocenters. The molecule has 3 atom stereocenters. The molecule has 0 saturated carbocycles. The third-order valence-electron chi connectivity index (χ3n) is 2.60. The summed E-state index contributed by atoms with van der Waals surface area (Å²) < 4.78 is 10.8. The van der Waals surface area contributed by atoms with Crippen molar-refractivity contribution in [3.63, 3.8) is 0 Å². The second-order valence-electron chi connectivity index (χ2n) is 3.69. The van der Waals surface area contributed by atoms with E-state index in [1.165, 1.54) is 0 Å². The molecule has 3 nitrogen and oxygen atoms in total. The summed E-state index contributed by atoms with van der Waals surface area (Å²) in [6.07, 6.45) is 2.04. The number of hydrogen-bond acceptors (Lipinski definition) is 3. The molecule has 0 N–H and O–H groups in total. The predicted molar refractivity (Wildman–Crippen MR) is 59.8 cm³/mol. The van der Waals surface area contributed by atoms with E-state index in [2.05, 4.69) is 6.58 Å². The molecule has 0 aliphatic carbocycles. The van der Waals surface area contributed by atoms with E-state index < -0.39 is 6.29 Å². The lowest BCUT2D eigenvalue weighted by Crippen LogP contribution is -2.34. The van der Waals surface area contributed by atoms with E-state index in [1.54, 1.807) is 6.08 Å². The largest absolute Gasteiger partial charge is 0.339 e. The minimum Gasteiger partial charge on any atom is -0.339 e. The van der Waals surface area contributed by atoms with Gasteiger partial charge in [0.05, 0.1) is 12.2 Å². The van der Waals surface area contributed by atoms with E-state index in [4.69, 9.17) is 9.47 Å². The van der Waals surface area contributed by atoms with Gasteiger partial charge in [-0.1, -0.05) is 36.4 Å². The van der Waals surface area contributed by atoms with Crippen LogP contribution in [0.2, 0.25) is 0 Å². The van der Waals surface area contributed by atoms with Crippen LogP contribution in [0.15, 0.2) is 43.0 Å². The van der Waals surface area contributed by atoms with Crippen molar-refractivity contribution in [2.75, 3.05) is 0 Å². The van der Waals surface area contributed by atoms with Crippen LogP contribution in [0.1, 0.15) is 18.1 Å². The Kier molecular flexibility index (Phi) is 3.49. The van der Waals surface area contributed by atoms with Gasteiger partial charge in [-0.05, 0) is 5.56 Å². The summed E-state index contributed by atoms with van der Waals surface area (Å²) >= 11 is 0. The molecule has 0 spiro atoms. The number of benzene rings is 1. The Morgan fingerprint density at radius 2 is 2.00 bits per heavy atom. The van der Waals surface area contributed by atoms with Gasteiger partial charge >= 0.3 is 0 Å². The molecular formula is C13H14O3. The second kappa shape index (κ2) is 5.05. The molecule has 1 heterocycles. The highest BCUT2D eigenvalue weighted by atomic mass is 16.7. The average Bonchev–Trinajstić information content (AvgIpc) is 2.39. The highest BCUT2D eigenvalue weighted by Crippen LogP contribution is 2.30. The number of ether oxygens (including phenoxy) is 2. The standard InChI is InChI=1S/C13H14O3/c1-2-11-8-12(16-13(9-14)15-11)10-6-4-3-5-7-10/h2-7,9,11-13H,1,8H2. The first-order valence-electron chi connectivity index (χ1n) is 5.27. The van der Waals surface area contributed by atoms with Crippen molar-refractivity contribution in [2.24, 2.45) is 0 Å². The van der Waals surface area contributed by atoms with Crippen molar-refractivity contribution >= 4 is 6.29 Å².